The van der Waals surface area contributed by atoms with E-state index in [9.17, 15) is 9.90 Å². The first kappa shape index (κ1) is 32.1. The van der Waals surface area contributed by atoms with E-state index >= 15 is 0 Å². The Morgan fingerprint density at radius 1 is 0.750 bits per heavy atom. The lowest BCUT2D eigenvalue weighted by atomic mass is 9.91. The molecule has 0 bridgehead atoms. The zero-order valence-corrected chi connectivity index (χ0v) is 25.4. The summed E-state index contributed by atoms with van der Waals surface area (Å²) in [6.45, 7) is 5.55. The van der Waals surface area contributed by atoms with E-state index in [2.05, 4.69) is 67.8 Å². The summed E-state index contributed by atoms with van der Waals surface area (Å²) in [5.74, 6) is 6.67. The molecule has 0 saturated carbocycles. The molecule has 0 amide bonds. The molecule has 0 radical (unpaired) electrons. The largest absolute Gasteiger partial charge is 0.508 e. The van der Waals surface area contributed by atoms with Gasteiger partial charge in [-0.3, -0.25) is 0 Å². The number of aromatic hydroxyl groups is 1. The summed E-state index contributed by atoms with van der Waals surface area (Å²) in [6, 6.07) is 29.9. The maximum Gasteiger partial charge on any atom is 0.335 e. The number of phenolic OH excluding ortho intramolecular Hbond substituents is 1. The molecule has 4 rings (SSSR count). The normalized spacial score (nSPS) is 10.5. The number of aliphatic hydroxyl groups excluding tert-OH is 1. The van der Waals surface area contributed by atoms with E-state index < -0.39 is 12.6 Å². The van der Waals surface area contributed by atoms with Gasteiger partial charge in [-0.15, -0.1) is 0 Å². The molecule has 44 heavy (non-hydrogen) atoms. The first-order chi connectivity index (χ1) is 21.5. The van der Waals surface area contributed by atoms with E-state index in [-0.39, 0.29) is 24.5 Å². The number of carbonyl (C=O) groups is 1. The van der Waals surface area contributed by atoms with Crippen molar-refractivity contribution in [1.29, 1.82) is 0 Å². The van der Waals surface area contributed by atoms with E-state index in [4.69, 9.17) is 14.6 Å². The fourth-order valence-electron chi connectivity index (χ4n) is 4.81. The molecule has 0 atom stereocenters. The van der Waals surface area contributed by atoms with Crippen LogP contribution >= 0.6 is 0 Å². The summed E-state index contributed by atoms with van der Waals surface area (Å²) in [5, 5.41) is 18.4. The second kappa shape index (κ2) is 16.7. The van der Waals surface area contributed by atoms with Crippen molar-refractivity contribution in [2.75, 3.05) is 19.8 Å². The highest BCUT2D eigenvalue weighted by atomic mass is 16.6. The van der Waals surface area contributed by atoms with Gasteiger partial charge in [0.15, 0.2) is 0 Å². The molecule has 0 spiro atoms. The Hall–Kier alpha value is -4.79. The fraction of sp³-hybridized carbons (Fsp3) is 0.256. The van der Waals surface area contributed by atoms with Crippen LogP contribution in [0, 0.1) is 11.8 Å². The van der Waals surface area contributed by atoms with Crippen molar-refractivity contribution in [3.05, 3.63) is 120 Å². The predicted octanol–water partition coefficient (Wildman–Crippen LogP) is 8.11. The second-order valence-electron chi connectivity index (χ2n) is 10.7. The van der Waals surface area contributed by atoms with Gasteiger partial charge >= 0.3 is 5.97 Å². The van der Waals surface area contributed by atoms with Crippen LogP contribution in [0.5, 0.6) is 11.5 Å². The van der Waals surface area contributed by atoms with Gasteiger partial charge in [-0.05, 0) is 89.2 Å². The molecule has 0 aliphatic rings. The van der Waals surface area contributed by atoms with Gasteiger partial charge in [-0.1, -0.05) is 93.5 Å². The van der Waals surface area contributed by atoms with E-state index in [0.29, 0.717) is 5.75 Å². The van der Waals surface area contributed by atoms with E-state index in [1.807, 2.05) is 36.4 Å². The third-order valence-electron chi connectivity index (χ3n) is 7.32. The number of aliphatic hydroxyl groups is 1. The Labute approximate surface area is 260 Å². The Morgan fingerprint density at radius 2 is 1.36 bits per heavy atom. The van der Waals surface area contributed by atoms with Crippen LogP contribution in [0.2, 0.25) is 0 Å². The van der Waals surface area contributed by atoms with Crippen molar-refractivity contribution in [3.8, 4) is 45.6 Å². The molecular weight excluding hydrogens is 548 g/mol. The van der Waals surface area contributed by atoms with Crippen LogP contribution < -0.4 is 4.74 Å². The highest BCUT2D eigenvalue weighted by molar-refractivity contribution is 5.87. The Kier molecular flexibility index (Phi) is 12.2. The minimum Gasteiger partial charge on any atom is -0.508 e. The van der Waals surface area contributed by atoms with Crippen molar-refractivity contribution >= 4 is 5.97 Å². The van der Waals surface area contributed by atoms with Gasteiger partial charge in [-0.2, -0.15) is 0 Å². The van der Waals surface area contributed by atoms with Gasteiger partial charge in [0.05, 0.1) is 12.2 Å². The van der Waals surface area contributed by atoms with Gasteiger partial charge in [-0.25, -0.2) is 4.79 Å². The average Bonchev–Trinajstić information content (AvgIpc) is 3.06. The van der Waals surface area contributed by atoms with Crippen LogP contribution in [-0.2, 0) is 16.0 Å². The van der Waals surface area contributed by atoms with E-state index in [0.717, 1.165) is 35.1 Å². The van der Waals surface area contributed by atoms with Crippen molar-refractivity contribution in [2.24, 2.45) is 0 Å². The highest BCUT2D eigenvalue weighted by Crippen LogP contribution is 2.31. The van der Waals surface area contributed by atoms with Crippen molar-refractivity contribution in [1.82, 2.24) is 0 Å². The summed E-state index contributed by atoms with van der Waals surface area (Å²) >= 11 is 0. The van der Waals surface area contributed by atoms with Gasteiger partial charge in [0.1, 0.15) is 24.7 Å². The number of aryl methyl sites for hydroxylation is 1. The standard InChI is InChI=1S/C39H40O5/c1-3-4-5-6-7-8-35-27-34(32-17-22-37(23-18-32)43-25-26-44-39(42)29(2)28-40)19-24-38(35)33-15-11-30(12-16-33)9-10-31-13-20-36(41)21-14-31/h11-24,27,40-41H,2-8,25-26,28H2,1H3. The average molecular weight is 589 g/mol. The number of benzene rings is 4. The maximum absolute atomic E-state index is 11.6. The Balaban J connectivity index is 1.46. The lowest BCUT2D eigenvalue weighted by Crippen LogP contribution is -2.14. The molecule has 0 aromatic heterocycles. The fourth-order valence-corrected chi connectivity index (χ4v) is 4.81. The Bertz CT molecular complexity index is 1570. The molecule has 0 aliphatic carbocycles. The SMILES string of the molecule is C=C(CO)C(=O)OCCOc1ccc(-c2ccc(-c3ccc(C#Cc4ccc(O)cc4)cc3)c(CCCCCCC)c2)cc1. The van der Waals surface area contributed by atoms with Crippen molar-refractivity contribution < 1.29 is 24.5 Å². The molecule has 226 valence electrons. The summed E-state index contributed by atoms with van der Waals surface area (Å²) < 4.78 is 10.7. The monoisotopic (exact) mass is 588 g/mol. The summed E-state index contributed by atoms with van der Waals surface area (Å²) in [6.07, 6.45) is 7.14. The first-order valence-corrected chi connectivity index (χ1v) is 15.2. The topological polar surface area (TPSA) is 76.0 Å². The molecule has 2 N–H and O–H groups in total. The molecule has 5 heteroatoms. The first-order valence-electron chi connectivity index (χ1n) is 15.2. The number of ether oxygens (including phenoxy) is 2. The minimum atomic E-state index is -0.619. The molecule has 0 fully saturated rings. The lowest BCUT2D eigenvalue weighted by Gasteiger charge is -2.14. The summed E-state index contributed by atoms with van der Waals surface area (Å²) in [5.41, 5.74) is 7.80. The maximum atomic E-state index is 11.6. The number of carbonyl (C=O) groups excluding carboxylic acids is 1. The molecule has 0 unspecified atom stereocenters. The van der Waals surface area contributed by atoms with E-state index in [1.165, 1.54) is 42.4 Å². The number of phenols is 1. The molecule has 0 heterocycles. The minimum absolute atomic E-state index is 0.0222. The van der Waals surface area contributed by atoms with Crippen molar-refractivity contribution in [3.63, 3.8) is 0 Å². The van der Waals surface area contributed by atoms with Gasteiger partial charge < -0.3 is 19.7 Å². The molecule has 4 aromatic rings. The number of esters is 1. The third-order valence-corrected chi connectivity index (χ3v) is 7.32. The zero-order chi connectivity index (χ0) is 31.1. The van der Waals surface area contributed by atoms with Crippen LogP contribution in [0.15, 0.2) is 103 Å². The number of unbranched alkanes of at least 4 members (excludes halogenated alkanes) is 4. The molecular formula is C39H40O5. The lowest BCUT2D eigenvalue weighted by molar-refractivity contribution is -0.140. The molecule has 5 nitrogen and oxygen atoms in total. The predicted molar refractivity (Wildman–Crippen MR) is 177 cm³/mol. The number of hydrogen-bond acceptors (Lipinski definition) is 5. The Morgan fingerprint density at radius 3 is 2.02 bits per heavy atom. The quantitative estimate of drug-likeness (QED) is 0.0674. The zero-order valence-electron chi connectivity index (χ0n) is 25.4. The third kappa shape index (κ3) is 9.62. The van der Waals surface area contributed by atoms with Gasteiger partial charge in [0.25, 0.3) is 0 Å². The van der Waals surface area contributed by atoms with Gasteiger partial charge in [0.2, 0.25) is 0 Å². The number of hydrogen-bond donors (Lipinski definition) is 2. The van der Waals surface area contributed by atoms with Crippen LogP contribution in [0.25, 0.3) is 22.3 Å². The summed E-state index contributed by atoms with van der Waals surface area (Å²) in [7, 11) is 0. The van der Waals surface area contributed by atoms with Crippen LogP contribution in [0.1, 0.15) is 55.7 Å². The highest BCUT2D eigenvalue weighted by Gasteiger charge is 2.10. The van der Waals surface area contributed by atoms with Crippen LogP contribution in [0.4, 0.5) is 0 Å². The summed E-state index contributed by atoms with van der Waals surface area (Å²) in [4.78, 5) is 11.6. The van der Waals surface area contributed by atoms with Crippen molar-refractivity contribution in [2.45, 2.75) is 45.4 Å². The second-order valence-corrected chi connectivity index (χ2v) is 10.7. The molecule has 4 aromatic carbocycles. The van der Waals surface area contributed by atoms with Crippen LogP contribution in [-0.4, -0.2) is 36.0 Å². The molecule has 0 aliphatic heterocycles. The smallest absolute Gasteiger partial charge is 0.335 e. The number of rotatable bonds is 14. The van der Waals surface area contributed by atoms with Crippen LogP contribution in [0.3, 0.4) is 0 Å². The molecule has 0 saturated heterocycles. The van der Waals surface area contributed by atoms with Gasteiger partial charge in [0, 0.05) is 11.1 Å². The van der Waals surface area contributed by atoms with E-state index in [1.54, 1.807) is 12.1 Å².